The van der Waals surface area contributed by atoms with Crippen molar-refractivity contribution >= 4 is 34.7 Å². The Balaban J connectivity index is 1.84. The molecule has 0 radical (unpaired) electrons. The van der Waals surface area contributed by atoms with Crippen molar-refractivity contribution in [2.75, 3.05) is 10.2 Å². The van der Waals surface area contributed by atoms with E-state index in [2.05, 4.69) is 10.3 Å². The van der Waals surface area contributed by atoms with Crippen LogP contribution >= 0.6 is 0 Å². The van der Waals surface area contributed by atoms with Crippen LogP contribution in [0.2, 0.25) is 0 Å². The zero-order chi connectivity index (χ0) is 25.1. The lowest BCUT2D eigenvalue weighted by Crippen LogP contribution is -2.29. The first-order valence-corrected chi connectivity index (χ1v) is 11.1. The van der Waals surface area contributed by atoms with Crippen molar-refractivity contribution in [2.24, 2.45) is 0 Å². The summed E-state index contributed by atoms with van der Waals surface area (Å²) in [5.41, 5.74) is 1.82. The average Bonchev–Trinajstić information content (AvgIpc) is 3.09. The molecule has 0 saturated carbocycles. The maximum absolute atomic E-state index is 13.3. The van der Waals surface area contributed by atoms with Crippen molar-refractivity contribution in [1.29, 1.82) is 0 Å². The number of aliphatic hydroxyl groups is 1. The van der Waals surface area contributed by atoms with E-state index < -0.39 is 17.7 Å². The standard InChI is InChI=1S/C27H25N3O5/c1-16(2)35-22-9-7-19(8-10-22)25(32)23-24(18-11-13-28-14-12-18)30(27(34)26(23)33)21-6-4-5-20(15-21)29-17(3)31/h4-16,24,32H,1-3H3,(H,29,31)/b25-23+. The van der Waals surface area contributed by atoms with E-state index in [1.54, 1.807) is 73.1 Å². The van der Waals surface area contributed by atoms with E-state index >= 15 is 0 Å². The predicted octanol–water partition coefficient (Wildman–Crippen LogP) is 4.45. The number of carbonyl (C=O) groups is 3. The van der Waals surface area contributed by atoms with Gasteiger partial charge in [-0.2, -0.15) is 0 Å². The van der Waals surface area contributed by atoms with E-state index in [4.69, 9.17) is 4.74 Å². The van der Waals surface area contributed by atoms with Gasteiger partial charge in [0.05, 0.1) is 17.7 Å². The number of carbonyl (C=O) groups excluding carboxylic acids is 3. The van der Waals surface area contributed by atoms with Crippen LogP contribution in [0.3, 0.4) is 0 Å². The Hall–Kier alpha value is -4.46. The molecule has 1 unspecified atom stereocenters. The molecular weight excluding hydrogens is 446 g/mol. The van der Waals surface area contributed by atoms with Crippen LogP contribution in [0, 0.1) is 0 Å². The van der Waals surface area contributed by atoms with Crippen LogP contribution in [0.1, 0.15) is 37.9 Å². The maximum Gasteiger partial charge on any atom is 0.300 e. The fourth-order valence-corrected chi connectivity index (χ4v) is 4.02. The second-order valence-electron chi connectivity index (χ2n) is 8.37. The molecule has 8 nitrogen and oxygen atoms in total. The molecule has 1 fully saturated rings. The van der Waals surface area contributed by atoms with Crippen molar-refractivity contribution in [2.45, 2.75) is 32.9 Å². The van der Waals surface area contributed by atoms with Gasteiger partial charge in [-0.3, -0.25) is 24.3 Å². The molecule has 3 aromatic rings. The lowest BCUT2D eigenvalue weighted by Gasteiger charge is -2.25. The van der Waals surface area contributed by atoms with E-state index in [0.29, 0.717) is 28.3 Å². The highest BCUT2D eigenvalue weighted by atomic mass is 16.5. The molecule has 4 rings (SSSR count). The molecule has 1 aliphatic heterocycles. The number of ketones is 1. The topological polar surface area (TPSA) is 109 Å². The molecule has 1 atom stereocenters. The quantitative estimate of drug-likeness (QED) is 0.312. The summed E-state index contributed by atoms with van der Waals surface area (Å²) in [4.78, 5) is 43.4. The first-order valence-electron chi connectivity index (χ1n) is 11.1. The van der Waals surface area contributed by atoms with Crippen LogP contribution in [0.4, 0.5) is 11.4 Å². The number of aliphatic hydroxyl groups excluding tert-OH is 1. The summed E-state index contributed by atoms with van der Waals surface area (Å²) in [6.45, 7) is 5.20. The number of pyridine rings is 1. The molecule has 35 heavy (non-hydrogen) atoms. The molecule has 2 amide bonds. The van der Waals surface area contributed by atoms with Crippen LogP contribution in [-0.4, -0.2) is 33.8 Å². The normalized spacial score (nSPS) is 17.0. The van der Waals surface area contributed by atoms with E-state index in [-0.39, 0.29) is 23.3 Å². The van der Waals surface area contributed by atoms with E-state index in [0.717, 1.165) is 0 Å². The second kappa shape index (κ2) is 9.80. The summed E-state index contributed by atoms with van der Waals surface area (Å²) in [6.07, 6.45) is 3.10. The number of Topliss-reactive ketones (excluding diaryl/α,β-unsaturated/α-hetero) is 1. The van der Waals surface area contributed by atoms with Gasteiger partial charge in [0.1, 0.15) is 11.5 Å². The molecule has 1 aliphatic rings. The van der Waals surface area contributed by atoms with Gasteiger partial charge >= 0.3 is 0 Å². The van der Waals surface area contributed by atoms with Gasteiger partial charge in [0.25, 0.3) is 11.7 Å². The molecule has 0 spiro atoms. The third-order valence-corrected chi connectivity index (χ3v) is 5.41. The number of aromatic nitrogens is 1. The fraction of sp³-hybridized carbons (Fsp3) is 0.185. The Morgan fingerprint density at radius 3 is 2.37 bits per heavy atom. The van der Waals surface area contributed by atoms with Gasteiger partial charge in [-0.15, -0.1) is 0 Å². The highest BCUT2D eigenvalue weighted by molar-refractivity contribution is 6.51. The third-order valence-electron chi connectivity index (χ3n) is 5.41. The summed E-state index contributed by atoms with van der Waals surface area (Å²) in [5, 5.41) is 13.9. The first kappa shape index (κ1) is 23.7. The van der Waals surface area contributed by atoms with Crippen LogP contribution in [0.15, 0.2) is 78.6 Å². The summed E-state index contributed by atoms with van der Waals surface area (Å²) < 4.78 is 5.65. The molecular formula is C27H25N3O5. The van der Waals surface area contributed by atoms with Crippen LogP contribution in [0.5, 0.6) is 5.75 Å². The fourth-order valence-electron chi connectivity index (χ4n) is 4.02. The number of nitrogens with one attached hydrogen (secondary N) is 1. The van der Waals surface area contributed by atoms with Crippen molar-refractivity contribution in [3.8, 4) is 5.75 Å². The largest absolute Gasteiger partial charge is 0.507 e. The zero-order valence-corrected chi connectivity index (χ0v) is 19.6. The minimum absolute atomic E-state index is 0.0142. The number of ether oxygens (including phenoxy) is 1. The van der Waals surface area contributed by atoms with Crippen molar-refractivity contribution in [3.63, 3.8) is 0 Å². The Morgan fingerprint density at radius 1 is 1.06 bits per heavy atom. The summed E-state index contributed by atoms with van der Waals surface area (Å²) >= 11 is 0. The number of rotatable bonds is 6. The molecule has 1 aromatic heterocycles. The number of amides is 2. The highest BCUT2D eigenvalue weighted by Gasteiger charge is 2.47. The number of benzene rings is 2. The van der Waals surface area contributed by atoms with E-state index in [1.807, 2.05) is 13.8 Å². The van der Waals surface area contributed by atoms with Crippen LogP contribution in [0.25, 0.3) is 5.76 Å². The van der Waals surface area contributed by atoms with E-state index in [9.17, 15) is 19.5 Å². The van der Waals surface area contributed by atoms with Gasteiger partial charge in [-0.25, -0.2) is 0 Å². The Labute approximate surface area is 202 Å². The van der Waals surface area contributed by atoms with Gasteiger partial charge in [0.2, 0.25) is 5.91 Å². The maximum atomic E-state index is 13.3. The van der Waals surface area contributed by atoms with Gasteiger partial charge < -0.3 is 15.2 Å². The van der Waals surface area contributed by atoms with Gasteiger partial charge in [0.15, 0.2) is 0 Å². The summed E-state index contributed by atoms with van der Waals surface area (Å²) in [7, 11) is 0. The molecule has 2 heterocycles. The zero-order valence-electron chi connectivity index (χ0n) is 19.6. The Bertz CT molecular complexity index is 1300. The lowest BCUT2D eigenvalue weighted by molar-refractivity contribution is -0.132. The number of nitrogens with zero attached hydrogens (tertiary/aromatic N) is 2. The third kappa shape index (κ3) is 4.91. The van der Waals surface area contributed by atoms with Crippen molar-refractivity contribution in [3.05, 3.63) is 89.8 Å². The lowest BCUT2D eigenvalue weighted by atomic mass is 9.95. The monoisotopic (exact) mass is 471 g/mol. The summed E-state index contributed by atoms with van der Waals surface area (Å²) in [6, 6.07) is 15.8. The predicted molar refractivity (Wildman–Crippen MR) is 132 cm³/mol. The van der Waals surface area contributed by atoms with Crippen LogP contribution in [-0.2, 0) is 14.4 Å². The van der Waals surface area contributed by atoms with Gasteiger partial charge in [-0.1, -0.05) is 6.07 Å². The Kier molecular flexibility index (Phi) is 6.64. The van der Waals surface area contributed by atoms with Crippen molar-refractivity contribution in [1.82, 2.24) is 4.98 Å². The highest BCUT2D eigenvalue weighted by Crippen LogP contribution is 2.42. The minimum atomic E-state index is -0.892. The molecule has 2 N–H and O–H groups in total. The molecule has 178 valence electrons. The average molecular weight is 472 g/mol. The molecule has 0 bridgehead atoms. The first-order chi connectivity index (χ1) is 16.8. The van der Waals surface area contributed by atoms with Crippen LogP contribution < -0.4 is 15.0 Å². The smallest absolute Gasteiger partial charge is 0.300 e. The molecule has 1 saturated heterocycles. The Morgan fingerprint density at radius 2 is 1.74 bits per heavy atom. The molecule has 0 aliphatic carbocycles. The summed E-state index contributed by atoms with van der Waals surface area (Å²) in [5.74, 6) is -1.52. The number of hydrogen-bond acceptors (Lipinski definition) is 6. The molecule has 8 heteroatoms. The molecule has 2 aromatic carbocycles. The van der Waals surface area contributed by atoms with E-state index in [1.165, 1.54) is 11.8 Å². The second-order valence-corrected chi connectivity index (χ2v) is 8.37. The van der Waals surface area contributed by atoms with Crippen molar-refractivity contribution < 1.29 is 24.2 Å². The minimum Gasteiger partial charge on any atom is -0.507 e. The van der Waals surface area contributed by atoms with Gasteiger partial charge in [0, 0.05) is 36.3 Å². The van der Waals surface area contributed by atoms with Gasteiger partial charge in [-0.05, 0) is 74.0 Å². The number of anilines is 2. The SMILES string of the molecule is CC(=O)Nc1cccc(N2C(=O)C(=O)/C(=C(/O)c3ccc(OC(C)C)cc3)C2c2ccncc2)c1. The number of hydrogen-bond donors (Lipinski definition) is 2.